The fourth-order valence-electron chi connectivity index (χ4n) is 3.08. The van der Waals surface area contributed by atoms with Crippen LogP contribution in [0, 0.1) is 6.92 Å². The van der Waals surface area contributed by atoms with E-state index in [1.54, 1.807) is 20.8 Å². The Hall–Kier alpha value is -3.35. The van der Waals surface area contributed by atoms with Crippen molar-refractivity contribution < 1.29 is 23.9 Å². The molecule has 0 aliphatic carbocycles. The molecule has 2 N–H and O–H groups in total. The molecule has 0 aliphatic rings. The summed E-state index contributed by atoms with van der Waals surface area (Å²) in [6.07, 6.45) is -0.199. The molecule has 2 amide bonds. The van der Waals surface area contributed by atoms with Crippen molar-refractivity contribution in [2.45, 2.75) is 58.2 Å². The van der Waals surface area contributed by atoms with Crippen molar-refractivity contribution in [1.29, 1.82) is 0 Å². The number of carbonyl (C=O) groups excluding carboxylic acids is 3. The van der Waals surface area contributed by atoms with Crippen LogP contribution in [0.5, 0.6) is 0 Å². The first-order valence-electron chi connectivity index (χ1n) is 10.5. The summed E-state index contributed by atoms with van der Waals surface area (Å²) in [5.74, 6) is -1.06. The maximum atomic E-state index is 13.1. The first-order chi connectivity index (χ1) is 15.1. The van der Waals surface area contributed by atoms with Gasteiger partial charge in [-0.25, -0.2) is 9.59 Å². The van der Waals surface area contributed by atoms with E-state index >= 15 is 0 Å². The number of aryl methyl sites for hydroxylation is 1. The van der Waals surface area contributed by atoms with Crippen LogP contribution in [0.1, 0.15) is 37.5 Å². The third kappa shape index (κ3) is 8.41. The van der Waals surface area contributed by atoms with Crippen LogP contribution in [-0.2, 0) is 31.9 Å². The molecule has 7 heteroatoms. The van der Waals surface area contributed by atoms with E-state index in [0.29, 0.717) is 0 Å². The highest BCUT2D eigenvalue weighted by atomic mass is 16.6. The second-order valence-electron chi connectivity index (χ2n) is 8.66. The molecular formula is C25H32N2O5. The zero-order chi connectivity index (χ0) is 23.7. The minimum absolute atomic E-state index is 0.241. The van der Waals surface area contributed by atoms with E-state index in [9.17, 15) is 14.4 Å². The van der Waals surface area contributed by atoms with Crippen LogP contribution in [0.25, 0.3) is 0 Å². The molecule has 0 fully saturated rings. The van der Waals surface area contributed by atoms with E-state index in [1.807, 2.05) is 61.5 Å². The van der Waals surface area contributed by atoms with Gasteiger partial charge in [0.25, 0.3) is 0 Å². The quantitative estimate of drug-likeness (QED) is 0.614. The SMILES string of the molecule is COC(=O)C(Cc1ccccc1)NC(=O)C(Cc1ccc(C)cc1)NC(=O)OC(C)(C)C. The topological polar surface area (TPSA) is 93.7 Å². The second-order valence-corrected chi connectivity index (χ2v) is 8.66. The lowest BCUT2D eigenvalue weighted by Crippen LogP contribution is -2.53. The van der Waals surface area contributed by atoms with Crippen LogP contribution < -0.4 is 10.6 Å². The summed E-state index contributed by atoms with van der Waals surface area (Å²) in [6.45, 7) is 7.20. The van der Waals surface area contributed by atoms with Crippen molar-refractivity contribution in [3.63, 3.8) is 0 Å². The van der Waals surface area contributed by atoms with E-state index in [4.69, 9.17) is 9.47 Å². The van der Waals surface area contributed by atoms with Gasteiger partial charge in [0.05, 0.1) is 7.11 Å². The number of benzene rings is 2. The summed E-state index contributed by atoms with van der Waals surface area (Å²) >= 11 is 0. The van der Waals surface area contributed by atoms with Gasteiger partial charge < -0.3 is 20.1 Å². The van der Waals surface area contributed by atoms with Gasteiger partial charge in [-0.1, -0.05) is 60.2 Å². The summed E-state index contributed by atoms with van der Waals surface area (Å²) in [5.41, 5.74) is 2.11. The molecular weight excluding hydrogens is 408 g/mol. The van der Waals surface area contributed by atoms with Crippen molar-refractivity contribution in [2.75, 3.05) is 7.11 Å². The minimum Gasteiger partial charge on any atom is -0.467 e. The summed E-state index contributed by atoms with van der Waals surface area (Å²) in [4.78, 5) is 37.9. The summed E-state index contributed by atoms with van der Waals surface area (Å²) < 4.78 is 10.2. The molecule has 2 aromatic rings. The van der Waals surface area contributed by atoms with Crippen molar-refractivity contribution in [3.05, 3.63) is 71.3 Å². The number of hydrogen-bond donors (Lipinski definition) is 2. The molecule has 0 spiro atoms. The second kappa shape index (κ2) is 11.3. The fourth-order valence-corrected chi connectivity index (χ4v) is 3.08. The molecule has 2 unspecified atom stereocenters. The lowest BCUT2D eigenvalue weighted by Gasteiger charge is -2.25. The third-order valence-electron chi connectivity index (χ3n) is 4.65. The number of carbonyl (C=O) groups is 3. The smallest absolute Gasteiger partial charge is 0.408 e. The van der Waals surface area contributed by atoms with Gasteiger partial charge in [-0.2, -0.15) is 0 Å². The largest absolute Gasteiger partial charge is 0.467 e. The predicted molar refractivity (Wildman–Crippen MR) is 122 cm³/mol. The number of methoxy groups -OCH3 is 1. The number of amides is 2. The van der Waals surface area contributed by atoms with Crippen molar-refractivity contribution in [2.24, 2.45) is 0 Å². The Bertz CT molecular complexity index is 904. The molecule has 32 heavy (non-hydrogen) atoms. The van der Waals surface area contributed by atoms with Crippen molar-refractivity contribution in [1.82, 2.24) is 10.6 Å². The fraction of sp³-hybridized carbons (Fsp3) is 0.400. The third-order valence-corrected chi connectivity index (χ3v) is 4.65. The molecule has 0 heterocycles. The maximum absolute atomic E-state index is 13.1. The van der Waals surface area contributed by atoms with Gasteiger partial charge in [-0.15, -0.1) is 0 Å². The molecule has 0 saturated carbocycles. The minimum atomic E-state index is -0.935. The Morgan fingerprint density at radius 3 is 1.97 bits per heavy atom. The standard InChI is InChI=1S/C25H32N2O5/c1-17-11-13-19(14-12-17)15-20(27-24(30)32-25(2,3)4)22(28)26-21(23(29)31-5)16-18-9-7-6-8-10-18/h6-14,20-21H,15-16H2,1-5H3,(H,26,28)(H,27,30). The van der Waals surface area contributed by atoms with Gasteiger partial charge >= 0.3 is 12.1 Å². The van der Waals surface area contributed by atoms with Crippen molar-refractivity contribution in [3.8, 4) is 0 Å². The number of nitrogens with one attached hydrogen (secondary N) is 2. The highest BCUT2D eigenvalue weighted by Gasteiger charge is 2.29. The first-order valence-corrected chi connectivity index (χ1v) is 10.5. The molecule has 7 nitrogen and oxygen atoms in total. The van der Waals surface area contributed by atoms with Gasteiger partial charge in [-0.05, 0) is 38.8 Å². The monoisotopic (exact) mass is 440 g/mol. The molecule has 0 aliphatic heterocycles. The lowest BCUT2D eigenvalue weighted by atomic mass is 10.0. The van der Waals surface area contributed by atoms with Crippen LogP contribution in [0.15, 0.2) is 54.6 Å². The first kappa shape index (κ1) is 24.9. The normalized spacial score (nSPS) is 12.9. The molecule has 0 aromatic heterocycles. The number of ether oxygens (including phenoxy) is 2. The zero-order valence-electron chi connectivity index (χ0n) is 19.3. The van der Waals surface area contributed by atoms with E-state index in [-0.39, 0.29) is 12.8 Å². The van der Waals surface area contributed by atoms with Gasteiger partial charge in [-0.3, -0.25) is 4.79 Å². The Morgan fingerprint density at radius 1 is 0.844 bits per heavy atom. The van der Waals surface area contributed by atoms with Crippen LogP contribution in [0.3, 0.4) is 0 Å². The average Bonchev–Trinajstić information content (AvgIpc) is 2.73. The van der Waals surface area contributed by atoms with Gasteiger partial charge in [0.2, 0.25) is 5.91 Å². The van der Waals surface area contributed by atoms with E-state index in [2.05, 4.69) is 10.6 Å². The predicted octanol–water partition coefficient (Wildman–Crippen LogP) is 3.33. The summed E-state index contributed by atoms with van der Waals surface area (Å²) in [6, 6.07) is 15.2. The van der Waals surface area contributed by atoms with E-state index in [0.717, 1.165) is 16.7 Å². The summed E-state index contributed by atoms with van der Waals surface area (Å²) in [7, 11) is 1.27. The van der Waals surface area contributed by atoms with Crippen LogP contribution in [-0.4, -0.2) is 42.8 Å². The molecule has 0 saturated heterocycles. The molecule has 0 bridgehead atoms. The van der Waals surface area contributed by atoms with Crippen molar-refractivity contribution >= 4 is 18.0 Å². The zero-order valence-corrected chi connectivity index (χ0v) is 19.3. The van der Waals surface area contributed by atoms with Gasteiger partial charge in [0, 0.05) is 12.8 Å². The van der Waals surface area contributed by atoms with Gasteiger partial charge in [0.1, 0.15) is 17.7 Å². The number of rotatable bonds is 8. The maximum Gasteiger partial charge on any atom is 0.408 e. The molecule has 2 aromatic carbocycles. The van der Waals surface area contributed by atoms with Crippen LogP contribution >= 0.6 is 0 Å². The highest BCUT2D eigenvalue weighted by molar-refractivity contribution is 5.90. The van der Waals surface area contributed by atoms with Crippen LogP contribution in [0.4, 0.5) is 4.79 Å². The number of hydrogen-bond acceptors (Lipinski definition) is 5. The van der Waals surface area contributed by atoms with Gasteiger partial charge in [0.15, 0.2) is 0 Å². The molecule has 2 rings (SSSR count). The number of alkyl carbamates (subject to hydrolysis) is 1. The van der Waals surface area contributed by atoms with E-state index in [1.165, 1.54) is 7.11 Å². The molecule has 0 radical (unpaired) electrons. The van der Waals surface area contributed by atoms with Crippen LogP contribution in [0.2, 0.25) is 0 Å². The lowest BCUT2D eigenvalue weighted by molar-refractivity contribution is -0.145. The Morgan fingerprint density at radius 2 is 1.41 bits per heavy atom. The Labute approximate surface area is 189 Å². The average molecular weight is 441 g/mol. The van der Waals surface area contributed by atoms with E-state index < -0.39 is 35.7 Å². The Balaban J connectivity index is 2.20. The molecule has 172 valence electrons. The Kier molecular flexibility index (Phi) is 8.81. The highest BCUT2D eigenvalue weighted by Crippen LogP contribution is 2.11. The number of esters is 1. The molecule has 2 atom stereocenters. The summed E-state index contributed by atoms with van der Waals surface area (Å²) in [5, 5.41) is 5.37.